The topological polar surface area (TPSA) is 35.0 Å². The standard InChI is InChI=1S/C9H13N2O.Re/c1-4-8-5-11-9(6-10-8)12-7(2)3;/h5,7H,4H2,1-3H3;/q-1;. The Balaban J connectivity index is 0.00000144. The Morgan fingerprint density at radius 1 is 1.54 bits per heavy atom. The Kier molecular flexibility index (Phi) is 5.85. The van der Waals surface area contributed by atoms with Crippen molar-refractivity contribution in [3.8, 4) is 5.88 Å². The molecule has 13 heavy (non-hydrogen) atoms. The van der Waals surface area contributed by atoms with Crippen LogP contribution in [-0.4, -0.2) is 16.1 Å². The smallest absolute Gasteiger partial charge is 0.135 e. The molecule has 1 aromatic heterocycles. The van der Waals surface area contributed by atoms with Gasteiger partial charge in [0.2, 0.25) is 0 Å². The van der Waals surface area contributed by atoms with Crippen LogP contribution in [0.2, 0.25) is 0 Å². The molecule has 1 rings (SSSR count). The summed E-state index contributed by atoms with van der Waals surface area (Å²) in [4.78, 5) is 8.09. The molecule has 4 heteroatoms. The molecule has 3 nitrogen and oxygen atoms in total. The molecule has 0 aliphatic heterocycles. The first-order valence-corrected chi connectivity index (χ1v) is 4.12. The van der Waals surface area contributed by atoms with Crippen LogP contribution in [0.1, 0.15) is 26.5 Å². The Morgan fingerprint density at radius 2 is 2.23 bits per heavy atom. The van der Waals surface area contributed by atoms with Crippen molar-refractivity contribution in [2.75, 3.05) is 0 Å². The van der Waals surface area contributed by atoms with Crippen LogP contribution >= 0.6 is 0 Å². The third kappa shape index (κ3) is 4.35. The molecule has 0 aliphatic rings. The summed E-state index contributed by atoms with van der Waals surface area (Å²) in [5.41, 5.74) is 0.936. The molecular formula is C9H13N2ORe-. The van der Waals surface area contributed by atoms with Gasteiger partial charge in [0.25, 0.3) is 0 Å². The summed E-state index contributed by atoms with van der Waals surface area (Å²) in [6.45, 7) is 5.92. The van der Waals surface area contributed by atoms with Gasteiger partial charge in [-0.1, -0.05) is 25.2 Å². The molecule has 0 atom stereocenters. The summed E-state index contributed by atoms with van der Waals surface area (Å²) < 4.78 is 5.28. The van der Waals surface area contributed by atoms with Gasteiger partial charge in [-0.15, -0.1) is 0 Å². The van der Waals surface area contributed by atoms with Crippen LogP contribution in [0.25, 0.3) is 0 Å². The minimum absolute atomic E-state index is 0. The molecule has 1 radical (unpaired) electrons. The van der Waals surface area contributed by atoms with Crippen molar-refractivity contribution in [1.82, 2.24) is 9.97 Å². The summed E-state index contributed by atoms with van der Waals surface area (Å²) in [6.07, 6.45) is 5.46. The fourth-order valence-electron chi connectivity index (χ4n) is 0.761. The molecule has 0 spiro atoms. The van der Waals surface area contributed by atoms with Crippen LogP contribution in [0.5, 0.6) is 5.88 Å². The summed E-state index contributed by atoms with van der Waals surface area (Å²) in [7, 11) is 0. The van der Waals surface area contributed by atoms with E-state index in [0.29, 0.717) is 5.88 Å². The molecule has 0 aliphatic carbocycles. The second-order valence-corrected chi connectivity index (χ2v) is 2.80. The maximum atomic E-state index is 5.28. The van der Waals surface area contributed by atoms with Crippen molar-refractivity contribution in [2.45, 2.75) is 33.3 Å². The molecule has 0 bridgehead atoms. The first kappa shape index (κ1) is 12.5. The van der Waals surface area contributed by atoms with E-state index in [4.69, 9.17) is 4.74 Å². The van der Waals surface area contributed by atoms with Crippen LogP contribution in [0.3, 0.4) is 0 Å². The predicted molar refractivity (Wildman–Crippen MR) is 46.0 cm³/mol. The number of aryl methyl sites for hydroxylation is 1. The average molecular weight is 351 g/mol. The van der Waals surface area contributed by atoms with Crippen molar-refractivity contribution < 1.29 is 25.2 Å². The van der Waals surface area contributed by atoms with Gasteiger partial charge in [0.05, 0.1) is 6.10 Å². The second-order valence-electron chi connectivity index (χ2n) is 2.80. The monoisotopic (exact) mass is 352 g/mol. The van der Waals surface area contributed by atoms with Gasteiger partial charge in [0.15, 0.2) is 0 Å². The normalized spacial score (nSPS) is 9.54. The van der Waals surface area contributed by atoms with Crippen molar-refractivity contribution in [1.29, 1.82) is 0 Å². The fourth-order valence-corrected chi connectivity index (χ4v) is 0.761. The molecule has 1 aromatic rings. The SMILES string of the molecule is CCc1cnc(OC(C)C)[c-]n1.[Re]. The van der Waals surface area contributed by atoms with Crippen LogP contribution in [-0.2, 0) is 26.8 Å². The third-order valence-corrected chi connectivity index (χ3v) is 1.34. The van der Waals surface area contributed by atoms with Gasteiger partial charge in [-0.3, -0.25) is 4.98 Å². The van der Waals surface area contributed by atoms with Crippen LogP contribution in [0.15, 0.2) is 6.20 Å². The van der Waals surface area contributed by atoms with Crippen molar-refractivity contribution in [3.63, 3.8) is 0 Å². The number of hydrogen-bond donors (Lipinski definition) is 0. The van der Waals surface area contributed by atoms with Gasteiger partial charge in [-0.05, 0) is 20.0 Å². The molecule has 0 aromatic carbocycles. The summed E-state index contributed by atoms with van der Waals surface area (Å²) in [6, 6.07) is 0. The van der Waals surface area contributed by atoms with E-state index in [0.717, 1.165) is 12.1 Å². The number of rotatable bonds is 3. The number of nitrogens with zero attached hydrogens (tertiary/aromatic N) is 2. The molecule has 1 heterocycles. The Labute approximate surface area is 92.6 Å². The Bertz CT molecular complexity index is 236. The van der Waals surface area contributed by atoms with Gasteiger partial charge in [0, 0.05) is 20.4 Å². The van der Waals surface area contributed by atoms with Gasteiger partial charge >= 0.3 is 0 Å². The van der Waals surface area contributed by atoms with Crippen molar-refractivity contribution in [3.05, 3.63) is 18.1 Å². The van der Waals surface area contributed by atoms with Crippen LogP contribution in [0, 0.1) is 6.20 Å². The van der Waals surface area contributed by atoms with E-state index < -0.39 is 0 Å². The maximum Gasteiger partial charge on any atom is 0.135 e. The van der Waals surface area contributed by atoms with Gasteiger partial charge in [-0.25, -0.2) is 0 Å². The number of ether oxygens (including phenoxy) is 1. The number of hydrogen-bond acceptors (Lipinski definition) is 3. The zero-order chi connectivity index (χ0) is 8.97. The maximum absolute atomic E-state index is 5.28. The van der Waals surface area contributed by atoms with Gasteiger partial charge in [-0.2, -0.15) is 0 Å². The quantitative estimate of drug-likeness (QED) is 0.777. The molecule has 0 saturated heterocycles. The molecule has 0 fully saturated rings. The Hall–Kier alpha value is -0.458. The van der Waals surface area contributed by atoms with E-state index in [9.17, 15) is 0 Å². The minimum Gasteiger partial charge on any atom is -0.490 e. The van der Waals surface area contributed by atoms with Crippen molar-refractivity contribution in [2.24, 2.45) is 0 Å². The summed E-state index contributed by atoms with van der Waals surface area (Å²) in [5, 5.41) is 0. The first-order chi connectivity index (χ1) is 5.72. The minimum atomic E-state index is 0. The largest absolute Gasteiger partial charge is 0.490 e. The molecule has 0 amide bonds. The summed E-state index contributed by atoms with van der Waals surface area (Å²) in [5.74, 6) is 0.474. The van der Waals surface area contributed by atoms with E-state index >= 15 is 0 Å². The second kappa shape index (κ2) is 6.07. The van der Waals surface area contributed by atoms with Crippen molar-refractivity contribution >= 4 is 0 Å². The summed E-state index contributed by atoms with van der Waals surface area (Å²) >= 11 is 0. The molecular weight excluding hydrogens is 338 g/mol. The molecule has 0 N–H and O–H groups in total. The molecule has 73 valence electrons. The van der Waals surface area contributed by atoms with Gasteiger partial charge < -0.3 is 9.72 Å². The zero-order valence-corrected chi connectivity index (χ0v) is 10.8. The van der Waals surface area contributed by atoms with Crippen LogP contribution < -0.4 is 4.74 Å². The van der Waals surface area contributed by atoms with E-state index in [1.807, 2.05) is 20.8 Å². The third-order valence-electron chi connectivity index (χ3n) is 1.34. The van der Waals surface area contributed by atoms with E-state index in [-0.39, 0.29) is 26.5 Å². The van der Waals surface area contributed by atoms with Crippen LogP contribution in [0.4, 0.5) is 0 Å². The Morgan fingerprint density at radius 3 is 2.62 bits per heavy atom. The average Bonchev–Trinajstić information content (AvgIpc) is 2.05. The van der Waals surface area contributed by atoms with E-state index in [1.54, 1.807) is 6.20 Å². The molecule has 0 unspecified atom stereocenters. The van der Waals surface area contributed by atoms with Gasteiger partial charge in [0.1, 0.15) is 5.88 Å². The van der Waals surface area contributed by atoms with E-state index in [2.05, 4.69) is 16.2 Å². The zero-order valence-electron chi connectivity index (χ0n) is 8.04. The number of aromatic nitrogens is 2. The molecule has 0 saturated carbocycles. The first-order valence-electron chi connectivity index (χ1n) is 4.12. The predicted octanol–water partition coefficient (Wildman–Crippen LogP) is 1.62. The van der Waals surface area contributed by atoms with E-state index in [1.165, 1.54) is 0 Å². The fraction of sp³-hybridized carbons (Fsp3) is 0.556.